The molecule has 0 radical (unpaired) electrons. The van der Waals surface area contributed by atoms with Crippen molar-refractivity contribution in [3.8, 4) is 0 Å². The average molecular weight is 822 g/mol. The Balaban J connectivity index is 1.46. The highest BCUT2D eigenvalue weighted by molar-refractivity contribution is 5.94. The molecule has 0 spiro atoms. The van der Waals surface area contributed by atoms with E-state index in [2.05, 4.69) is 5.32 Å². The Bertz CT molecular complexity index is 1990. The van der Waals surface area contributed by atoms with E-state index in [4.69, 9.17) is 23.7 Å². The summed E-state index contributed by atoms with van der Waals surface area (Å²) in [4.78, 5) is 69.0. The summed E-state index contributed by atoms with van der Waals surface area (Å²) < 4.78 is 29.6. The van der Waals surface area contributed by atoms with Crippen LogP contribution in [0.15, 0.2) is 71.8 Å². The first-order valence-corrected chi connectivity index (χ1v) is 19.8. The van der Waals surface area contributed by atoms with Gasteiger partial charge in [-0.2, -0.15) is 0 Å². The molecule has 2 saturated carbocycles. The third-order valence-corrected chi connectivity index (χ3v) is 12.9. The summed E-state index contributed by atoms with van der Waals surface area (Å²) in [5.74, 6) is -5.18. The lowest BCUT2D eigenvalue weighted by atomic mass is 9.46. The van der Waals surface area contributed by atoms with Crippen molar-refractivity contribution in [1.82, 2.24) is 5.32 Å². The smallest absolute Gasteiger partial charge is 0.408 e. The number of rotatable bonds is 8. The van der Waals surface area contributed by atoms with Crippen LogP contribution in [-0.2, 0) is 38.1 Å². The van der Waals surface area contributed by atoms with Crippen molar-refractivity contribution in [1.29, 1.82) is 0 Å². The number of nitrogens with one attached hydrogen (secondary N) is 1. The standard InChI is InChI=1S/C44H55NO14/c1-23-27(56-38(52)33(49)31(25-15-11-9-12-16-25)45-39(53)59-40(3,4)5)19-20-44(54)36(57-37(51)26-17-13-10-14-18-26)34-42(8,35(50)32(48)30(23)41(44,6)7)28(47)21-29-43(34,22-55-29)58-24(2)46/h9-18,27-29,31-34,36,47-49,54H,19-22H2,1-8H3,(H,45,53)/t27-,28-,29+,31?,32+,33+,34-,36-,42+,43-,44+/m0/s1. The van der Waals surface area contributed by atoms with Gasteiger partial charge in [0.1, 0.15) is 35.6 Å². The summed E-state index contributed by atoms with van der Waals surface area (Å²) in [6.45, 7) is 11.9. The molecule has 1 aliphatic heterocycles. The molecule has 2 aromatic rings. The molecule has 0 aromatic heterocycles. The molecule has 320 valence electrons. The van der Waals surface area contributed by atoms with Crippen molar-refractivity contribution in [3.05, 3.63) is 82.9 Å². The molecule has 4 aliphatic rings. The van der Waals surface area contributed by atoms with Gasteiger partial charge in [-0.25, -0.2) is 14.4 Å². The van der Waals surface area contributed by atoms with E-state index in [1.807, 2.05) is 0 Å². The summed E-state index contributed by atoms with van der Waals surface area (Å²) in [6, 6.07) is 14.8. The van der Waals surface area contributed by atoms with Crippen LogP contribution in [0.25, 0.3) is 0 Å². The van der Waals surface area contributed by atoms with Crippen LogP contribution in [0, 0.1) is 16.7 Å². The van der Waals surface area contributed by atoms with Crippen LogP contribution >= 0.6 is 0 Å². The molecule has 5 N–H and O–H groups in total. The Hall–Kier alpha value is -4.67. The van der Waals surface area contributed by atoms with Crippen molar-refractivity contribution in [2.75, 3.05) is 6.61 Å². The number of ether oxygens (including phenoxy) is 5. The van der Waals surface area contributed by atoms with Crippen molar-refractivity contribution >= 4 is 29.8 Å². The van der Waals surface area contributed by atoms with Crippen LogP contribution in [0.4, 0.5) is 4.79 Å². The van der Waals surface area contributed by atoms with Gasteiger partial charge in [0.25, 0.3) is 0 Å². The van der Waals surface area contributed by atoms with E-state index in [1.165, 1.54) is 32.9 Å². The number of benzene rings is 2. The van der Waals surface area contributed by atoms with Gasteiger partial charge >= 0.3 is 24.0 Å². The van der Waals surface area contributed by atoms with Gasteiger partial charge in [0.2, 0.25) is 0 Å². The normalized spacial score (nSPS) is 33.5. The summed E-state index contributed by atoms with van der Waals surface area (Å²) >= 11 is 0. The maximum Gasteiger partial charge on any atom is 0.408 e. The molecular weight excluding hydrogens is 766 g/mol. The monoisotopic (exact) mass is 821 g/mol. The lowest BCUT2D eigenvalue weighted by Gasteiger charge is -2.66. The lowest BCUT2D eigenvalue weighted by Crippen LogP contribution is -2.81. The van der Waals surface area contributed by atoms with E-state index < -0.39 is 106 Å². The van der Waals surface area contributed by atoms with E-state index in [1.54, 1.807) is 83.1 Å². The molecule has 1 unspecified atom stereocenters. The third kappa shape index (κ3) is 7.56. The van der Waals surface area contributed by atoms with Gasteiger partial charge in [0, 0.05) is 18.8 Å². The molecule has 15 nitrogen and oxygen atoms in total. The Morgan fingerprint density at radius 3 is 2.12 bits per heavy atom. The van der Waals surface area contributed by atoms with Crippen LogP contribution in [0.3, 0.4) is 0 Å². The van der Waals surface area contributed by atoms with Gasteiger partial charge in [-0.15, -0.1) is 0 Å². The zero-order valence-electron chi connectivity index (χ0n) is 34.6. The molecule has 11 atom stereocenters. The van der Waals surface area contributed by atoms with E-state index in [0.717, 1.165) is 0 Å². The Kier molecular flexibility index (Phi) is 11.7. The number of fused-ring (bicyclic) bond motifs is 5. The molecular formula is C44H55NO14. The van der Waals surface area contributed by atoms with Gasteiger partial charge in [-0.1, -0.05) is 62.4 Å². The number of carbonyl (C=O) groups excluding carboxylic acids is 5. The molecule has 2 bridgehead atoms. The van der Waals surface area contributed by atoms with Gasteiger partial charge in [0.15, 0.2) is 17.5 Å². The maximum atomic E-state index is 15.1. The zero-order chi connectivity index (χ0) is 43.5. The van der Waals surface area contributed by atoms with E-state index in [9.17, 15) is 39.6 Å². The second kappa shape index (κ2) is 15.7. The molecule has 6 rings (SSSR count). The number of hydrogen-bond donors (Lipinski definition) is 5. The van der Waals surface area contributed by atoms with Crippen LogP contribution in [-0.4, -0.2) is 110 Å². The van der Waals surface area contributed by atoms with Gasteiger partial charge < -0.3 is 49.4 Å². The molecule has 1 amide bonds. The lowest BCUT2D eigenvalue weighted by molar-refractivity contribution is -0.344. The number of Topliss-reactive ketones (excluding diaryl/α,β-unsaturated/α-hetero) is 1. The van der Waals surface area contributed by atoms with Crippen LogP contribution in [0.2, 0.25) is 0 Å². The quantitative estimate of drug-likeness (QED) is 0.146. The number of amides is 1. The van der Waals surface area contributed by atoms with Crippen molar-refractivity contribution in [3.63, 3.8) is 0 Å². The molecule has 3 fully saturated rings. The van der Waals surface area contributed by atoms with Crippen LogP contribution < -0.4 is 5.32 Å². The largest absolute Gasteiger partial charge is 0.456 e. The summed E-state index contributed by atoms with van der Waals surface area (Å²) in [6.07, 6.45) is -11.1. The predicted octanol–water partition coefficient (Wildman–Crippen LogP) is 3.65. The van der Waals surface area contributed by atoms with Crippen LogP contribution in [0.1, 0.15) is 96.6 Å². The Morgan fingerprint density at radius 1 is 0.949 bits per heavy atom. The average Bonchev–Trinajstić information content (AvgIpc) is 3.24. The van der Waals surface area contributed by atoms with Crippen LogP contribution in [0.5, 0.6) is 0 Å². The Morgan fingerprint density at radius 2 is 1.56 bits per heavy atom. The zero-order valence-corrected chi connectivity index (χ0v) is 34.6. The fourth-order valence-electron chi connectivity index (χ4n) is 9.79. The first-order chi connectivity index (χ1) is 27.5. The summed E-state index contributed by atoms with van der Waals surface area (Å²) in [7, 11) is 0. The maximum absolute atomic E-state index is 15.1. The van der Waals surface area contributed by atoms with Gasteiger partial charge in [-0.05, 0) is 76.3 Å². The SMILES string of the molecule is CC(=O)O[C@@]12CO[C@@H]1C[C@H](O)[C@@]1(C)C(=O)[C@H](O)C3=C(C)[C@@H](OC(=O)[C@H](O)C(NC(=O)OC(C)(C)C)c4ccccc4)CC[C@@](O)([C@@H](OC(=O)c4ccccc4)[C@H]21)C3(C)C. The second-order valence-electron chi connectivity index (χ2n) is 17.9. The third-order valence-electron chi connectivity index (χ3n) is 12.9. The number of esters is 3. The van der Waals surface area contributed by atoms with E-state index in [0.29, 0.717) is 5.56 Å². The Labute approximate surface area is 343 Å². The number of hydrogen-bond acceptors (Lipinski definition) is 14. The van der Waals surface area contributed by atoms with E-state index in [-0.39, 0.29) is 42.6 Å². The number of alkyl carbamates (subject to hydrolysis) is 1. The number of ketones is 1. The van der Waals surface area contributed by atoms with E-state index >= 15 is 4.79 Å². The fourth-order valence-corrected chi connectivity index (χ4v) is 9.79. The van der Waals surface area contributed by atoms with Crippen molar-refractivity contribution < 1.29 is 68.1 Å². The minimum Gasteiger partial charge on any atom is -0.456 e. The highest BCUT2D eigenvalue weighted by Crippen LogP contribution is 2.63. The van der Waals surface area contributed by atoms with Crippen molar-refractivity contribution in [2.45, 2.75) is 134 Å². The topological polar surface area (TPSA) is 224 Å². The number of aliphatic hydroxyl groups excluding tert-OH is 3. The predicted molar refractivity (Wildman–Crippen MR) is 208 cm³/mol. The highest BCUT2D eigenvalue weighted by Gasteiger charge is 2.77. The molecule has 1 saturated heterocycles. The molecule has 59 heavy (non-hydrogen) atoms. The molecule has 1 heterocycles. The second-order valence-corrected chi connectivity index (χ2v) is 17.9. The minimum absolute atomic E-state index is 0.0533. The molecule has 3 aliphatic carbocycles. The van der Waals surface area contributed by atoms with Crippen molar-refractivity contribution in [2.24, 2.45) is 16.7 Å². The van der Waals surface area contributed by atoms with Gasteiger partial charge in [0.05, 0.1) is 35.6 Å². The summed E-state index contributed by atoms with van der Waals surface area (Å²) in [5.41, 5.74) is -7.90. The first-order valence-electron chi connectivity index (χ1n) is 19.8. The summed E-state index contributed by atoms with van der Waals surface area (Å²) in [5, 5.41) is 51.8. The fraction of sp³-hybridized carbons (Fsp3) is 0.568. The number of aliphatic hydroxyl groups is 4. The minimum atomic E-state index is -2.23. The number of carbonyl (C=O) groups is 5. The molecule has 2 aromatic carbocycles. The van der Waals surface area contributed by atoms with Gasteiger partial charge in [-0.3, -0.25) is 9.59 Å². The molecule has 15 heteroatoms. The first kappa shape index (κ1) is 43.9. The highest BCUT2D eigenvalue weighted by atomic mass is 16.6.